The molecule has 0 bridgehead atoms. The highest BCUT2D eigenvalue weighted by atomic mass is 32.2. The van der Waals surface area contributed by atoms with Crippen molar-refractivity contribution in [2.24, 2.45) is 40.9 Å². The Morgan fingerprint density at radius 2 is 0.936 bits per heavy atom. The Bertz CT molecular complexity index is 5780. The predicted molar refractivity (Wildman–Crippen MR) is 317 cm³/mol. The molecule has 0 amide bonds. The summed E-state index contributed by atoms with van der Waals surface area (Å²) >= 11 is 0. The number of non-ortho nitro benzene ring substituents is 1. The summed E-state index contributed by atoms with van der Waals surface area (Å²) in [5, 5.41) is 69.6. The predicted octanol–water partition coefficient (Wildman–Crippen LogP) is 8.11. The Morgan fingerprint density at radius 3 is 1.49 bits per heavy atom. The van der Waals surface area contributed by atoms with Crippen LogP contribution in [-0.2, 0) is 80.9 Å². The first-order valence-corrected chi connectivity index (χ1v) is 36.0. The zero-order valence-electron chi connectivity index (χ0n) is 45.7. The highest BCUT2D eigenvalue weighted by Crippen LogP contribution is 2.51. The number of aromatic hydroxyl groups is 3. The van der Waals surface area contributed by atoms with E-state index in [1.165, 1.54) is 6.92 Å². The molecule has 0 saturated carbocycles. The average molecular weight is 1470 g/mol. The van der Waals surface area contributed by atoms with Crippen LogP contribution in [0.4, 0.5) is 56.9 Å². The molecule has 13 N–H and O–H groups in total. The van der Waals surface area contributed by atoms with E-state index >= 15 is 0 Å². The second-order valence-electron chi connectivity index (χ2n) is 18.9. The number of nitrogens with zero attached hydrogens (tertiary/aromatic N) is 9. The number of rotatable bonds is 21. The van der Waals surface area contributed by atoms with Crippen molar-refractivity contribution in [1.82, 2.24) is 0 Å². The van der Waals surface area contributed by atoms with Crippen molar-refractivity contribution in [3.05, 3.63) is 101 Å². The first-order valence-electron chi connectivity index (χ1n) is 24.3. The minimum atomic E-state index is -5.82. The third kappa shape index (κ3) is 14.8. The number of anilines is 1. The molecular weight excluding hydrogens is 1430 g/mol. The number of hydrogen-bond donors (Lipinski definition) is 12. The number of nitrogen functional groups attached to an aromatic ring is 1. The van der Waals surface area contributed by atoms with E-state index in [2.05, 4.69) is 40.9 Å². The van der Waals surface area contributed by atoms with Gasteiger partial charge in [0, 0.05) is 39.7 Å². The van der Waals surface area contributed by atoms with Gasteiger partial charge in [-0.15, -0.1) is 35.8 Å². The number of nitrogens with two attached hydrogens (primary N) is 1. The summed E-state index contributed by atoms with van der Waals surface area (Å²) in [6.07, 6.45) is -0.472. The summed E-state index contributed by atoms with van der Waals surface area (Å²) in [5.41, 5.74) is -3.33. The standard InChI is InChI=1S/C46H36N10O30S8/c1-19-12-28(31(86-10-3-11-87(62,63)64)16-27(19)50-53-41-37(93(80,81)82)18-33(89(68,69)70)22-4-2-5-30(57)38(22)41)51-54-42-35(91(74,75)76)14-23-21(44(42)58)7-9-26(46(23)94(83,84)85)49-52-29-17-32(88(65,66)67)24-15-36(92(77,78)79)43(45(59)39(24)40(29)47)55-48-25-8-6-20(56(60)61)13-34(25)90(71,72)73/h2,4-9,12-18,57-59H,3,10-11,47H2,1H3,(H,62,63,64)(H,65,66,67)(H,68,69,70)(H,71,72,73)(H,74,75,76)(H,77,78,79)(H,80,81,82)(H,83,84,85). The summed E-state index contributed by atoms with van der Waals surface area (Å²) < 4.78 is 287. The van der Waals surface area contributed by atoms with Crippen molar-refractivity contribution in [1.29, 1.82) is 0 Å². The Hall–Kier alpha value is -9.38. The fourth-order valence-electron chi connectivity index (χ4n) is 8.73. The third-order valence-electron chi connectivity index (χ3n) is 12.7. The second-order valence-corrected chi connectivity index (χ2v) is 30.2. The van der Waals surface area contributed by atoms with Gasteiger partial charge in [-0.3, -0.25) is 46.5 Å². The number of ether oxygens (including phenoxy) is 1. The highest BCUT2D eigenvalue weighted by molar-refractivity contribution is 7.88. The van der Waals surface area contributed by atoms with Crippen molar-refractivity contribution < 1.29 is 129 Å². The van der Waals surface area contributed by atoms with Gasteiger partial charge >= 0.3 is 0 Å². The largest absolute Gasteiger partial charge is 0.507 e. The van der Waals surface area contributed by atoms with Gasteiger partial charge in [0.1, 0.15) is 85.6 Å². The van der Waals surface area contributed by atoms with E-state index in [4.69, 9.17) is 10.5 Å². The quantitative estimate of drug-likeness (QED) is 0.00806. The summed E-state index contributed by atoms with van der Waals surface area (Å²) in [5.74, 6) is -5.25. The zero-order valence-corrected chi connectivity index (χ0v) is 52.3. The Morgan fingerprint density at radius 1 is 0.447 bits per heavy atom. The summed E-state index contributed by atoms with van der Waals surface area (Å²) in [6.45, 7) is 0.625. The molecule has 0 aliphatic heterocycles. The van der Waals surface area contributed by atoms with Gasteiger partial charge in [0.25, 0.3) is 86.6 Å². The van der Waals surface area contributed by atoms with Crippen molar-refractivity contribution in [2.45, 2.75) is 47.6 Å². The lowest BCUT2D eigenvalue weighted by atomic mass is 10.0. The summed E-state index contributed by atoms with van der Waals surface area (Å²) in [7, 11) is -43.8. The maximum absolute atomic E-state index is 13.3. The number of nitro benzene ring substituents is 1. The molecule has 0 atom stereocenters. The molecule has 0 aromatic heterocycles. The van der Waals surface area contributed by atoms with E-state index in [0.717, 1.165) is 36.4 Å². The van der Waals surface area contributed by atoms with Gasteiger partial charge in [0.2, 0.25) is 0 Å². The maximum atomic E-state index is 13.3. The van der Waals surface area contributed by atoms with Crippen molar-refractivity contribution >= 4 is 170 Å². The summed E-state index contributed by atoms with van der Waals surface area (Å²) in [6, 6.07) is 8.98. The van der Waals surface area contributed by atoms with Gasteiger partial charge in [0.05, 0.1) is 39.4 Å². The van der Waals surface area contributed by atoms with Crippen LogP contribution in [-0.4, -0.2) is 136 Å². The van der Waals surface area contributed by atoms with Gasteiger partial charge < -0.3 is 25.8 Å². The number of aryl methyl sites for hydroxylation is 1. The van der Waals surface area contributed by atoms with E-state index in [0.29, 0.717) is 30.3 Å². The summed E-state index contributed by atoms with van der Waals surface area (Å²) in [4.78, 5) is 0.492. The number of benzene rings is 8. The minimum Gasteiger partial charge on any atom is -0.507 e. The van der Waals surface area contributed by atoms with Gasteiger partial charge in [-0.2, -0.15) is 72.5 Å². The van der Waals surface area contributed by atoms with Crippen LogP contribution in [0.2, 0.25) is 0 Å². The zero-order chi connectivity index (χ0) is 70.1. The van der Waals surface area contributed by atoms with E-state index in [1.807, 2.05) is 0 Å². The fourth-order valence-corrected chi connectivity index (χ4v) is 14.1. The topological polar surface area (TPSA) is 673 Å². The Kier molecular flexibility index (Phi) is 18.6. The normalized spacial score (nSPS) is 13.4. The van der Waals surface area contributed by atoms with E-state index in [1.54, 1.807) is 0 Å². The molecule has 48 heteroatoms. The van der Waals surface area contributed by atoms with Gasteiger partial charge in [-0.05, 0) is 73.5 Å². The number of phenols is 3. The highest BCUT2D eigenvalue weighted by Gasteiger charge is 2.33. The van der Waals surface area contributed by atoms with Crippen LogP contribution in [0.3, 0.4) is 0 Å². The van der Waals surface area contributed by atoms with E-state index in [-0.39, 0.29) is 29.4 Å². The first-order chi connectivity index (χ1) is 43.1. The lowest BCUT2D eigenvalue weighted by Gasteiger charge is -2.15. The second kappa shape index (κ2) is 24.8. The first kappa shape index (κ1) is 70.5. The number of nitro groups is 1. The monoisotopic (exact) mass is 1460 g/mol. The van der Waals surface area contributed by atoms with Crippen molar-refractivity contribution in [3.8, 4) is 23.0 Å². The van der Waals surface area contributed by atoms with Gasteiger partial charge in [-0.1, -0.05) is 12.1 Å². The molecule has 94 heavy (non-hydrogen) atoms. The third-order valence-corrected chi connectivity index (χ3v) is 19.7. The SMILES string of the molecule is Cc1cc(N=Nc2c(S(=O)(=O)O)cc3c(S(=O)(=O)O)c(N=Nc4cc(S(=O)(=O)O)c5cc(S(=O)(=O)O)c(N=Nc6ccc([N+](=O)[O-])cc6S(=O)(=O)O)c(O)c5c4N)ccc3c2O)c(OCCCS(=O)(=O)O)cc1N=Nc1c(S(=O)(=O)O)cc(S(=O)(=O)O)c2cccc(O)c12. The molecule has 8 aromatic carbocycles. The molecule has 0 spiro atoms. The number of hydrogen-bond acceptors (Lipinski definition) is 31. The molecule has 0 aliphatic rings. The van der Waals surface area contributed by atoms with Gasteiger partial charge in [0.15, 0.2) is 11.5 Å². The Balaban J connectivity index is 1.28. The molecule has 0 radical (unpaired) electrons. The van der Waals surface area contributed by atoms with Crippen molar-refractivity contribution in [2.75, 3.05) is 18.1 Å². The van der Waals surface area contributed by atoms with Crippen LogP contribution in [0.1, 0.15) is 12.0 Å². The lowest BCUT2D eigenvalue weighted by Crippen LogP contribution is -2.08. The molecule has 8 rings (SSSR count). The Labute approximate surface area is 525 Å². The molecule has 0 fully saturated rings. The average Bonchev–Trinajstić information content (AvgIpc) is 0.677. The maximum Gasteiger partial charge on any atom is 0.297 e. The molecular formula is C46H36N10O30S8. The lowest BCUT2D eigenvalue weighted by molar-refractivity contribution is -0.385. The van der Waals surface area contributed by atoms with Gasteiger partial charge in [-0.25, -0.2) is 0 Å². The minimum absolute atomic E-state index is 0.0772. The number of phenolic OH excluding ortho intramolecular Hbond substituents is 3. The molecule has 40 nitrogen and oxygen atoms in total. The van der Waals surface area contributed by atoms with E-state index in [9.17, 15) is 129 Å². The molecule has 0 unspecified atom stereocenters. The van der Waals surface area contributed by atoms with Crippen LogP contribution in [0, 0.1) is 17.0 Å². The van der Waals surface area contributed by atoms with Crippen LogP contribution in [0.15, 0.2) is 160 Å². The number of fused-ring (bicyclic) bond motifs is 3. The number of azo groups is 4. The van der Waals surface area contributed by atoms with Crippen LogP contribution < -0.4 is 10.5 Å². The smallest absolute Gasteiger partial charge is 0.297 e. The fraction of sp³-hybridized carbons (Fsp3) is 0.0870. The van der Waals surface area contributed by atoms with Crippen LogP contribution in [0.25, 0.3) is 32.3 Å². The van der Waals surface area contributed by atoms with Crippen LogP contribution >= 0.6 is 0 Å². The van der Waals surface area contributed by atoms with Crippen molar-refractivity contribution in [3.63, 3.8) is 0 Å². The molecule has 498 valence electrons. The molecule has 0 aliphatic carbocycles. The molecule has 0 heterocycles. The molecule has 0 saturated heterocycles. The molecule has 8 aromatic rings. The van der Waals surface area contributed by atoms with E-state index < -0.39 is 245 Å². The van der Waals surface area contributed by atoms with Crippen LogP contribution in [0.5, 0.6) is 23.0 Å².